The van der Waals surface area contributed by atoms with Crippen LogP contribution in [0.25, 0.3) is 0 Å². The third-order valence-corrected chi connectivity index (χ3v) is 3.66. The van der Waals surface area contributed by atoms with E-state index in [1.165, 1.54) is 12.1 Å². The Kier molecular flexibility index (Phi) is 4.76. The predicted octanol–water partition coefficient (Wildman–Crippen LogP) is 2.74. The van der Waals surface area contributed by atoms with E-state index in [-0.39, 0.29) is 16.6 Å². The van der Waals surface area contributed by atoms with Gasteiger partial charge in [0.15, 0.2) is 0 Å². The lowest BCUT2D eigenvalue weighted by Gasteiger charge is -2.11. The lowest BCUT2D eigenvalue weighted by atomic mass is 10.1. The smallest absolute Gasteiger partial charge is 0.338 e. The van der Waals surface area contributed by atoms with Gasteiger partial charge in [0.25, 0.3) is 9.05 Å². The van der Waals surface area contributed by atoms with Gasteiger partial charge in [-0.3, -0.25) is 0 Å². The van der Waals surface area contributed by atoms with Crippen molar-refractivity contribution < 1.29 is 17.9 Å². The Morgan fingerprint density at radius 2 is 2.00 bits per heavy atom. The zero-order valence-electron chi connectivity index (χ0n) is 10.4. The maximum Gasteiger partial charge on any atom is 0.338 e. The summed E-state index contributed by atoms with van der Waals surface area (Å²) in [6.45, 7) is 5.33. The molecule has 1 aromatic rings. The summed E-state index contributed by atoms with van der Waals surface area (Å²) < 4.78 is 27.6. The normalized spacial score (nSPS) is 11.6. The number of carbonyl (C=O) groups is 1. The molecule has 100 valence electrons. The van der Waals surface area contributed by atoms with Crippen molar-refractivity contribution in [2.24, 2.45) is 0 Å². The van der Waals surface area contributed by atoms with E-state index in [4.69, 9.17) is 15.4 Å². The van der Waals surface area contributed by atoms with Crippen molar-refractivity contribution in [3.63, 3.8) is 0 Å². The summed E-state index contributed by atoms with van der Waals surface area (Å²) >= 11 is 0. The summed E-state index contributed by atoms with van der Waals surface area (Å²) in [5.41, 5.74) is 0.970. The van der Waals surface area contributed by atoms with Gasteiger partial charge in [-0.05, 0) is 38.0 Å². The maximum atomic E-state index is 11.9. The summed E-state index contributed by atoms with van der Waals surface area (Å²) in [7, 11) is 1.41. The SMILES string of the molecule is CCc1ccc(S(=O)(=O)Cl)cc1C(=O)OC(C)C. The van der Waals surface area contributed by atoms with Gasteiger partial charge in [0.1, 0.15) is 0 Å². The highest BCUT2D eigenvalue weighted by atomic mass is 35.7. The van der Waals surface area contributed by atoms with Gasteiger partial charge in [-0.1, -0.05) is 13.0 Å². The molecular weight excluding hydrogens is 276 g/mol. The molecule has 0 atom stereocenters. The van der Waals surface area contributed by atoms with Gasteiger partial charge in [0.2, 0.25) is 0 Å². The van der Waals surface area contributed by atoms with E-state index in [1.54, 1.807) is 19.9 Å². The zero-order chi connectivity index (χ0) is 13.9. The van der Waals surface area contributed by atoms with Gasteiger partial charge >= 0.3 is 5.97 Å². The molecule has 18 heavy (non-hydrogen) atoms. The van der Waals surface area contributed by atoms with Crippen LogP contribution in [0.1, 0.15) is 36.7 Å². The molecule has 4 nitrogen and oxygen atoms in total. The quantitative estimate of drug-likeness (QED) is 0.632. The van der Waals surface area contributed by atoms with Gasteiger partial charge in [0.05, 0.1) is 16.6 Å². The summed E-state index contributed by atoms with van der Waals surface area (Å²) in [4.78, 5) is 11.8. The first-order valence-electron chi connectivity index (χ1n) is 5.54. The summed E-state index contributed by atoms with van der Waals surface area (Å²) in [5, 5.41) is 0. The Morgan fingerprint density at radius 1 is 1.39 bits per heavy atom. The summed E-state index contributed by atoms with van der Waals surface area (Å²) in [5.74, 6) is -0.538. The zero-order valence-corrected chi connectivity index (χ0v) is 12.0. The monoisotopic (exact) mass is 290 g/mol. The second kappa shape index (κ2) is 5.71. The molecule has 6 heteroatoms. The minimum atomic E-state index is -3.85. The number of rotatable bonds is 4. The van der Waals surface area contributed by atoms with Gasteiger partial charge in [-0.2, -0.15) is 0 Å². The molecule has 0 aliphatic rings. The summed E-state index contributed by atoms with van der Waals surface area (Å²) in [6, 6.07) is 4.21. The van der Waals surface area contributed by atoms with Crippen LogP contribution in [0.3, 0.4) is 0 Å². The van der Waals surface area contributed by atoms with E-state index in [2.05, 4.69) is 0 Å². The number of esters is 1. The number of hydrogen-bond donors (Lipinski definition) is 0. The number of benzene rings is 1. The van der Waals surface area contributed by atoms with Crippen LogP contribution in [0.4, 0.5) is 0 Å². The molecule has 0 amide bonds. The van der Waals surface area contributed by atoms with Crippen molar-refractivity contribution in [1.29, 1.82) is 0 Å². The van der Waals surface area contributed by atoms with E-state index >= 15 is 0 Å². The van der Waals surface area contributed by atoms with E-state index in [9.17, 15) is 13.2 Å². The molecule has 0 spiro atoms. The van der Waals surface area contributed by atoms with Crippen molar-refractivity contribution >= 4 is 25.7 Å². The van der Waals surface area contributed by atoms with Crippen molar-refractivity contribution in [2.45, 2.75) is 38.2 Å². The van der Waals surface area contributed by atoms with Crippen molar-refractivity contribution in [3.05, 3.63) is 29.3 Å². The molecule has 0 saturated heterocycles. The maximum absolute atomic E-state index is 11.9. The van der Waals surface area contributed by atoms with E-state index in [0.717, 1.165) is 5.56 Å². The fourth-order valence-corrected chi connectivity index (χ4v) is 2.26. The molecule has 1 aromatic carbocycles. The minimum absolute atomic E-state index is 0.0999. The van der Waals surface area contributed by atoms with Crippen molar-refractivity contribution in [2.75, 3.05) is 0 Å². The topological polar surface area (TPSA) is 60.4 Å². The highest BCUT2D eigenvalue weighted by Crippen LogP contribution is 2.21. The second-order valence-corrected chi connectivity index (χ2v) is 6.63. The number of aryl methyl sites for hydroxylation is 1. The van der Waals surface area contributed by atoms with Gasteiger partial charge < -0.3 is 4.74 Å². The number of carbonyl (C=O) groups excluding carboxylic acids is 1. The fourth-order valence-electron chi connectivity index (χ4n) is 1.48. The Bertz CT molecular complexity index is 549. The lowest BCUT2D eigenvalue weighted by molar-refractivity contribution is 0.0376. The third kappa shape index (κ3) is 3.71. The highest BCUT2D eigenvalue weighted by Gasteiger charge is 2.18. The molecule has 0 saturated carbocycles. The average Bonchev–Trinajstić information content (AvgIpc) is 2.26. The first-order chi connectivity index (χ1) is 8.25. The van der Waals surface area contributed by atoms with E-state index < -0.39 is 15.0 Å². The fraction of sp³-hybridized carbons (Fsp3) is 0.417. The highest BCUT2D eigenvalue weighted by molar-refractivity contribution is 8.13. The van der Waals surface area contributed by atoms with Crippen LogP contribution in [0.2, 0.25) is 0 Å². The molecule has 0 fully saturated rings. The van der Waals surface area contributed by atoms with Crippen LogP contribution in [-0.4, -0.2) is 20.5 Å². The molecule has 0 aliphatic carbocycles. The molecule has 1 rings (SSSR count). The Morgan fingerprint density at radius 3 is 2.44 bits per heavy atom. The molecule has 0 aromatic heterocycles. The van der Waals surface area contributed by atoms with E-state index in [1.807, 2.05) is 6.92 Å². The van der Waals surface area contributed by atoms with Gasteiger partial charge in [-0.25, -0.2) is 13.2 Å². The van der Waals surface area contributed by atoms with Crippen molar-refractivity contribution in [1.82, 2.24) is 0 Å². The standard InChI is InChI=1S/C12H15ClO4S/c1-4-9-5-6-10(18(13,15)16)7-11(9)12(14)17-8(2)3/h5-8H,4H2,1-3H3. The van der Waals surface area contributed by atoms with Crippen LogP contribution >= 0.6 is 10.7 Å². The largest absolute Gasteiger partial charge is 0.459 e. The van der Waals surface area contributed by atoms with Crippen LogP contribution in [0.15, 0.2) is 23.1 Å². The molecule has 0 unspecified atom stereocenters. The van der Waals surface area contributed by atoms with E-state index in [0.29, 0.717) is 6.42 Å². The number of halogens is 1. The summed E-state index contributed by atoms with van der Waals surface area (Å²) in [6.07, 6.45) is 0.337. The minimum Gasteiger partial charge on any atom is -0.459 e. The van der Waals surface area contributed by atoms with Gasteiger partial charge in [0, 0.05) is 10.7 Å². The Labute approximate surface area is 111 Å². The Hall–Kier alpha value is -1.07. The average molecular weight is 291 g/mol. The first kappa shape index (κ1) is 15.0. The Balaban J connectivity index is 3.27. The van der Waals surface area contributed by atoms with Gasteiger partial charge in [-0.15, -0.1) is 0 Å². The number of hydrogen-bond acceptors (Lipinski definition) is 4. The molecule has 0 radical (unpaired) electrons. The second-order valence-electron chi connectivity index (χ2n) is 4.06. The molecule has 0 heterocycles. The molecule has 0 aliphatic heterocycles. The first-order valence-corrected chi connectivity index (χ1v) is 7.85. The number of ether oxygens (including phenoxy) is 1. The van der Waals surface area contributed by atoms with Crippen LogP contribution in [-0.2, 0) is 20.2 Å². The van der Waals surface area contributed by atoms with Crippen molar-refractivity contribution in [3.8, 4) is 0 Å². The molecule has 0 N–H and O–H groups in total. The van der Waals surface area contributed by atoms with Crippen LogP contribution in [0, 0.1) is 0 Å². The third-order valence-electron chi connectivity index (χ3n) is 2.31. The molecular formula is C12H15ClO4S. The molecule has 0 bridgehead atoms. The van der Waals surface area contributed by atoms with Crippen LogP contribution < -0.4 is 0 Å². The predicted molar refractivity (Wildman–Crippen MR) is 69.4 cm³/mol. The van der Waals surface area contributed by atoms with Crippen LogP contribution in [0.5, 0.6) is 0 Å². The lowest BCUT2D eigenvalue weighted by Crippen LogP contribution is -2.14.